The van der Waals surface area contributed by atoms with Crippen LogP contribution in [0.4, 0.5) is 0 Å². The van der Waals surface area contributed by atoms with Gasteiger partial charge in [-0.25, -0.2) is 0 Å². The molecule has 4 aliphatic rings. The zero-order valence-electron chi connectivity index (χ0n) is 13.2. The first kappa shape index (κ1) is 14.6. The molecule has 23 heavy (non-hydrogen) atoms. The molecule has 2 saturated carbocycles. The first-order valence-corrected chi connectivity index (χ1v) is 8.41. The van der Waals surface area contributed by atoms with Crippen LogP contribution in [0.5, 0.6) is 5.75 Å². The fourth-order valence-electron chi connectivity index (χ4n) is 4.84. The maximum absolute atomic E-state index is 13.1. The van der Waals surface area contributed by atoms with Crippen LogP contribution in [0.1, 0.15) is 36.8 Å². The third kappa shape index (κ3) is 2.01. The lowest BCUT2D eigenvalue weighted by Gasteiger charge is -2.39. The molecule has 0 heterocycles. The normalized spacial score (nSPS) is 34.8. The minimum Gasteiger partial charge on any atom is -0.412 e. The van der Waals surface area contributed by atoms with E-state index in [1.165, 1.54) is 0 Å². The van der Waals surface area contributed by atoms with Crippen LogP contribution in [-0.2, 0) is 16.0 Å². The number of ketones is 2. The van der Waals surface area contributed by atoms with Gasteiger partial charge in [0.15, 0.2) is 11.6 Å². The molecule has 0 spiro atoms. The third-order valence-corrected chi connectivity index (χ3v) is 5.92. The number of aryl methyl sites for hydroxylation is 1. The number of allylic oxidation sites excluding steroid dienone is 2. The van der Waals surface area contributed by atoms with E-state index in [0.717, 1.165) is 30.4 Å². The van der Waals surface area contributed by atoms with Crippen molar-refractivity contribution >= 4 is 11.6 Å². The summed E-state index contributed by atoms with van der Waals surface area (Å²) in [4.78, 5) is 31.0. The summed E-state index contributed by atoms with van der Waals surface area (Å²) in [5, 5.41) is 0. The lowest BCUT2D eigenvalue weighted by Crippen LogP contribution is -2.38. The summed E-state index contributed by atoms with van der Waals surface area (Å²) in [6, 6.07) is 5.46. The van der Waals surface area contributed by atoms with Gasteiger partial charge in [-0.1, -0.05) is 25.1 Å². The van der Waals surface area contributed by atoms with E-state index in [4.69, 9.17) is 10.7 Å². The zero-order chi connectivity index (χ0) is 16.1. The molecule has 4 aliphatic carbocycles. The number of hydrogen-bond donors (Lipinski definition) is 1. The Morgan fingerprint density at radius 1 is 1.09 bits per heavy atom. The van der Waals surface area contributed by atoms with Crippen LogP contribution in [0, 0.1) is 23.7 Å². The summed E-state index contributed by atoms with van der Waals surface area (Å²) in [5.41, 5.74) is 1.82. The van der Waals surface area contributed by atoms with E-state index in [1.54, 1.807) is 12.1 Å². The van der Waals surface area contributed by atoms with Crippen molar-refractivity contribution < 1.29 is 14.4 Å². The van der Waals surface area contributed by atoms with E-state index in [1.807, 2.05) is 13.0 Å². The third-order valence-electron chi connectivity index (χ3n) is 5.92. The van der Waals surface area contributed by atoms with E-state index in [2.05, 4.69) is 12.2 Å². The molecule has 1 aromatic carbocycles. The molecule has 0 aromatic heterocycles. The highest BCUT2D eigenvalue weighted by atomic mass is 16.6. The molecular weight excluding hydrogens is 290 g/mol. The Bertz CT molecular complexity index is 677. The van der Waals surface area contributed by atoms with Gasteiger partial charge in [0.05, 0.1) is 0 Å². The Hall–Kier alpha value is -1.94. The molecule has 2 fully saturated rings. The number of hydrogen-bond acceptors (Lipinski definition) is 4. The number of fused-ring (bicyclic) bond motifs is 1. The highest BCUT2D eigenvalue weighted by Gasteiger charge is 2.57. The number of nitrogens with two attached hydrogens (primary N) is 1. The number of carbonyl (C=O) groups is 2. The summed E-state index contributed by atoms with van der Waals surface area (Å²) >= 11 is 0. The second-order valence-corrected chi connectivity index (χ2v) is 6.91. The van der Waals surface area contributed by atoms with Crippen LogP contribution in [0.15, 0.2) is 30.4 Å². The minimum absolute atomic E-state index is 0.0999. The highest BCUT2D eigenvalue weighted by molar-refractivity contribution is 6.16. The number of Topliss-reactive ketones (excluding diaryl/α,β-unsaturated/α-hetero) is 2. The van der Waals surface area contributed by atoms with Crippen molar-refractivity contribution in [1.29, 1.82) is 0 Å². The van der Waals surface area contributed by atoms with Gasteiger partial charge in [0.25, 0.3) is 0 Å². The van der Waals surface area contributed by atoms with E-state index >= 15 is 0 Å². The van der Waals surface area contributed by atoms with Gasteiger partial charge < -0.3 is 4.84 Å². The maximum atomic E-state index is 13.1. The van der Waals surface area contributed by atoms with Crippen LogP contribution in [0.2, 0.25) is 0 Å². The minimum atomic E-state index is -0.641. The summed E-state index contributed by atoms with van der Waals surface area (Å²) in [6.45, 7) is 2.03. The van der Waals surface area contributed by atoms with Crippen molar-refractivity contribution in [3.8, 4) is 5.75 Å². The quantitative estimate of drug-likeness (QED) is 0.529. The van der Waals surface area contributed by atoms with Crippen LogP contribution in [0.3, 0.4) is 0 Å². The van der Waals surface area contributed by atoms with Crippen LogP contribution >= 0.6 is 0 Å². The predicted molar refractivity (Wildman–Crippen MR) is 85.7 cm³/mol. The van der Waals surface area contributed by atoms with Gasteiger partial charge >= 0.3 is 0 Å². The molecular formula is C19H21NO3. The second-order valence-electron chi connectivity index (χ2n) is 6.91. The average molecular weight is 311 g/mol. The topological polar surface area (TPSA) is 69.4 Å². The van der Waals surface area contributed by atoms with Crippen molar-refractivity contribution in [2.24, 2.45) is 29.6 Å². The van der Waals surface area contributed by atoms with E-state index in [-0.39, 0.29) is 35.2 Å². The summed E-state index contributed by atoms with van der Waals surface area (Å²) in [7, 11) is 0. The van der Waals surface area contributed by atoms with Crippen molar-refractivity contribution in [3.05, 3.63) is 41.5 Å². The molecule has 2 bridgehead atoms. The largest absolute Gasteiger partial charge is 0.412 e. The SMILES string of the molecule is CCc1ccc(ON)cc1C1C(=O)C2C3C=CC(CC3)C2C1=O. The zero-order valence-corrected chi connectivity index (χ0v) is 13.2. The molecule has 4 heteroatoms. The fourth-order valence-corrected chi connectivity index (χ4v) is 4.84. The standard InChI is InChI=1S/C19H21NO3/c1-2-10-7-8-13(23-20)9-14(10)17-18(21)15-11-3-4-12(6-5-11)16(15)19(17)22/h3-4,7-9,11-12,15-17H,2,5-6,20H2,1H3. The number of carbonyl (C=O) groups excluding carboxylic acids is 2. The van der Waals surface area contributed by atoms with Crippen molar-refractivity contribution in [2.45, 2.75) is 32.1 Å². The molecule has 0 radical (unpaired) electrons. The molecule has 4 nitrogen and oxygen atoms in total. The first-order valence-electron chi connectivity index (χ1n) is 8.41. The molecule has 0 aliphatic heterocycles. The Morgan fingerprint density at radius 2 is 1.70 bits per heavy atom. The van der Waals surface area contributed by atoms with Gasteiger partial charge in [0.2, 0.25) is 0 Å². The molecule has 0 amide bonds. The fraction of sp³-hybridized carbons (Fsp3) is 0.474. The molecule has 4 unspecified atom stereocenters. The van der Waals surface area contributed by atoms with Gasteiger partial charge in [0, 0.05) is 11.8 Å². The molecule has 5 rings (SSSR count). The van der Waals surface area contributed by atoms with E-state index in [0.29, 0.717) is 5.75 Å². The Labute approximate surface area is 135 Å². The lowest BCUT2D eigenvalue weighted by molar-refractivity contribution is -0.125. The van der Waals surface area contributed by atoms with Gasteiger partial charge in [-0.15, -0.1) is 0 Å². The first-order chi connectivity index (χ1) is 11.2. The van der Waals surface area contributed by atoms with Crippen molar-refractivity contribution in [1.82, 2.24) is 0 Å². The maximum Gasteiger partial charge on any atom is 0.152 e. The molecule has 4 atom stereocenters. The van der Waals surface area contributed by atoms with Gasteiger partial charge in [-0.2, -0.15) is 5.90 Å². The summed E-state index contributed by atoms with van der Waals surface area (Å²) < 4.78 is 0. The lowest BCUT2D eigenvalue weighted by atomic mass is 9.63. The molecule has 0 saturated heterocycles. The Kier molecular flexibility index (Phi) is 3.38. The predicted octanol–water partition coefficient (Wildman–Crippen LogP) is 2.57. The second kappa shape index (κ2) is 5.31. The summed E-state index contributed by atoms with van der Waals surface area (Å²) in [5.74, 6) is 5.56. The van der Waals surface area contributed by atoms with E-state index in [9.17, 15) is 9.59 Å². The monoisotopic (exact) mass is 311 g/mol. The van der Waals surface area contributed by atoms with Crippen molar-refractivity contribution in [2.75, 3.05) is 0 Å². The smallest absolute Gasteiger partial charge is 0.152 e. The highest BCUT2D eigenvalue weighted by Crippen LogP contribution is 2.53. The summed E-state index contributed by atoms with van der Waals surface area (Å²) in [6.07, 6.45) is 7.14. The van der Waals surface area contributed by atoms with E-state index < -0.39 is 5.92 Å². The Balaban J connectivity index is 1.79. The average Bonchev–Trinajstić information content (AvgIpc) is 2.88. The van der Waals surface area contributed by atoms with Gasteiger partial charge in [0.1, 0.15) is 11.7 Å². The molecule has 120 valence electrons. The number of benzene rings is 1. The number of rotatable bonds is 3. The van der Waals surface area contributed by atoms with Gasteiger partial charge in [-0.05, 0) is 54.4 Å². The molecule has 1 aromatic rings. The Morgan fingerprint density at radius 3 is 2.17 bits per heavy atom. The van der Waals surface area contributed by atoms with Crippen LogP contribution in [0.25, 0.3) is 0 Å². The van der Waals surface area contributed by atoms with Gasteiger partial charge in [-0.3, -0.25) is 9.59 Å². The van der Waals surface area contributed by atoms with Crippen LogP contribution < -0.4 is 10.7 Å². The van der Waals surface area contributed by atoms with Crippen molar-refractivity contribution in [3.63, 3.8) is 0 Å². The van der Waals surface area contributed by atoms with Crippen LogP contribution in [-0.4, -0.2) is 11.6 Å². The molecule has 2 N–H and O–H groups in total.